The van der Waals surface area contributed by atoms with Crippen molar-refractivity contribution in [1.29, 1.82) is 0 Å². The average Bonchev–Trinajstić information content (AvgIpc) is 1.83. The Morgan fingerprint density at radius 3 is 2.56 bits per heavy atom. The topological polar surface area (TPSA) is 38.3 Å². The molecule has 0 aliphatic heterocycles. The predicted octanol–water partition coefficient (Wildman–Crippen LogP) is 1.16. The molecule has 0 aromatic carbocycles. The second-order valence-electron chi connectivity index (χ2n) is 2.05. The van der Waals surface area contributed by atoms with Gasteiger partial charge in [-0.25, -0.2) is 4.79 Å². The van der Waals surface area contributed by atoms with Crippen LogP contribution in [0, 0.1) is 12.5 Å². The molecule has 0 fully saturated rings. The van der Waals surface area contributed by atoms with Crippen molar-refractivity contribution in [2.75, 3.05) is 7.11 Å². The minimum absolute atomic E-state index is 0.351. The van der Waals surface area contributed by atoms with Gasteiger partial charge < -0.3 is 10.1 Å². The van der Waals surface area contributed by atoms with Gasteiger partial charge in [0, 0.05) is 0 Å². The van der Waals surface area contributed by atoms with E-state index in [1.54, 1.807) is 6.54 Å². The third kappa shape index (κ3) is 5.14. The summed E-state index contributed by atoms with van der Waals surface area (Å²) in [5, 5.41) is 2.45. The Bertz CT molecular complexity index is 91.1. The van der Waals surface area contributed by atoms with Crippen LogP contribution in [0.25, 0.3) is 0 Å². The summed E-state index contributed by atoms with van der Waals surface area (Å²) in [4.78, 5) is 10.4. The van der Waals surface area contributed by atoms with Crippen molar-refractivity contribution in [1.82, 2.24) is 5.32 Å². The van der Waals surface area contributed by atoms with Gasteiger partial charge in [0.25, 0.3) is 0 Å². The summed E-state index contributed by atoms with van der Waals surface area (Å²) in [6.45, 7) is 5.61. The standard InChI is InChI=1S/C6H12NO2/c1-5(2)4-7-6(8)9-3/h4-5H,1-3H3,(H,7,8). The van der Waals surface area contributed by atoms with Crippen LogP contribution in [0.15, 0.2) is 0 Å². The maximum absolute atomic E-state index is 10.4. The molecular formula is C6H12NO2. The lowest BCUT2D eigenvalue weighted by molar-refractivity contribution is 0.172. The number of nitrogens with one attached hydrogen (secondary N) is 1. The van der Waals surface area contributed by atoms with Crippen molar-refractivity contribution in [2.45, 2.75) is 13.8 Å². The first kappa shape index (κ1) is 8.27. The van der Waals surface area contributed by atoms with Crippen molar-refractivity contribution in [3.8, 4) is 0 Å². The molecule has 0 aromatic rings. The molecule has 1 radical (unpaired) electrons. The average molecular weight is 130 g/mol. The lowest BCUT2D eigenvalue weighted by atomic mass is 10.2. The quantitative estimate of drug-likeness (QED) is 0.609. The molecular weight excluding hydrogens is 118 g/mol. The fourth-order valence-electron chi connectivity index (χ4n) is 0.294. The number of carbonyl (C=O) groups excluding carboxylic acids is 1. The molecule has 0 bridgehead atoms. The molecule has 0 rings (SSSR count). The van der Waals surface area contributed by atoms with Crippen LogP contribution >= 0.6 is 0 Å². The smallest absolute Gasteiger partial charge is 0.407 e. The summed E-state index contributed by atoms with van der Waals surface area (Å²) in [6.07, 6.45) is -0.413. The number of carbonyl (C=O) groups is 1. The number of hydrogen-bond acceptors (Lipinski definition) is 2. The fourth-order valence-corrected chi connectivity index (χ4v) is 0.294. The molecule has 0 atom stereocenters. The van der Waals surface area contributed by atoms with Gasteiger partial charge in [-0.2, -0.15) is 0 Å². The maximum atomic E-state index is 10.4. The molecule has 1 N–H and O–H groups in total. The minimum Gasteiger partial charge on any atom is -0.453 e. The van der Waals surface area contributed by atoms with Crippen LogP contribution in [0.2, 0.25) is 0 Å². The zero-order valence-electron chi connectivity index (χ0n) is 5.97. The number of amides is 1. The fraction of sp³-hybridized carbons (Fsp3) is 0.667. The third-order valence-electron chi connectivity index (χ3n) is 0.720. The van der Waals surface area contributed by atoms with Gasteiger partial charge in [-0.1, -0.05) is 13.8 Å². The highest BCUT2D eigenvalue weighted by molar-refractivity contribution is 5.67. The third-order valence-corrected chi connectivity index (χ3v) is 0.720. The maximum Gasteiger partial charge on any atom is 0.407 e. The Kier molecular flexibility index (Phi) is 3.84. The van der Waals surface area contributed by atoms with E-state index in [1.807, 2.05) is 13.8 Å². The van der Waals surface area contributed by atoms with Gasteiger partial charge in [0.2, 0.25) is 0 Å². The predicted molar refractivity (Wildman–Crippen MR) is 34.7 cm³/mol. The second kappa shape index (κ2) is 4.18. The van der Waals surface area contributed by atoms with Crippen molar-refractivity contribution >= 4 is 6.09 Å². The van der Waals surface area contributed by atoms with E-state index < -0.39 is 6.09 Å². The summed E-state index contributed by atoms with van der Waals surface area (Å²) >= 11 is 0. The van der Waals surface area contributed by atoms with Crippen molar-refractivity contribution < 1.29 is 9.53 Å². The molecule has 9 heavy (non-hydrogen) atoms. The van der Waals surface area contributed by atoms with Gasteiger partial charge in [0.1, 0.15) is 0 Å². The van der Waals surface area contributed by atoms with E-state index >= 15 is 0 Å². The van der Waals surface area contributed by atoms with Crippen LogP contribution in [0.3, 0.4) is 0 Å². The zero-order chi connectivity index (χ0) is 7.28. The van der Waals surface area contributed by atoms with E-state index in [-0.39, 0.29) is 0 Å². The highest BCUT2D eigenvalue weighted by Gasteiger charge is 1.98. The van der Waals surface area contributed by atoms with Gasteiger partial charge >= 0.3 is 6.09 Å². The minimum atomic E-state index is -0.413. The highest BCUT2D eigenvalue weighted by atomic mass is 16.5. The van der Waals surface area contributed by atoms with Crippen LogP contribution in [0.1, 0.15) is 13.8 Å². The molecule has 1 amide bonds. The Labute approximate surface area is 55.4 Å². The first-order valence-corrected chi connectivity index (χ1v) is 2.84. The molecule has 0 aromatic heterocycles. The molecule has 0 saturated heterocycles. The van der Waals surface area contributed by atoms with Crippen LogP contribution in [-0.2, 0) is 4.74 Å². The molecule has 3 heteroatoms. The van der Waals surface area contributed by atoms with E-state index in [0.717, 1.165) is 0 Å². The Balaban J connectivity index is 3.17. The van der Waals surface area contributed by atoms with Gasteiger partial charge in [-0.05, 0) is 5.92 Å². The van der Waals surface area contributed by atoms with E-state index in [0.29, 0.717) is 5.92 Å². The molecule has 0 saturated carbocycles. The van der Waals surface area contributed by atoms with Crippen molar-refractivity contribution in [3.05, 3.63) is 6.54 Å². The molecule has 3 nitrogen and oxygen atoms in total. The SMILES string of the molecule is COC(=O)N[CH]C(C)C. The van der Waals surface area contributed by atoms with Gasteiger partial charge in [-0.15, -0.1) is 0 Å². The van der Waals surface area contributed by atoms with Crippen LogP contribution in [-0.4, -0.2) is 13.2 Å². The summed E-state index contributed by atoms with van der Waals surface area (Å²) < 4.78 is 4.32. The Morgan fingerprint density at radius 1 is 1.67 bits per heavy atom. The Morgan fingerprint density at radius 2 is 2.22 bits per heavy atom. The number of alkyl carbamates (subject to hydrolysis) is 1. The molecule has 0 aliphatic rings. The zero-order valence-corrected chi connectivity index (χ0v) is 5.97. The number of rotatable bonds is 2. The lowest BCUT2D eigenvalue weighted by Gasteiger charge is -2.03. The van der Waals surface area contributed by atoms with E-state index in [1.165, 1.54) is 7.11 Å². The normalized spacial score (nSPS) is 9.33. The largest absolute Gasteiger partial charge is 0.453 e. The van der Waals surface area contributed by atoms with Gasteiger partial charge in [0.15, 0.2) is 0 Å². The van der Waals surface area contributed by atoms with Crippen LogP contribution < -0.4 is 5.32 Å². The summed E-state index contributed by atoms with van der Waals surface area (Å²) in [5.41, 5.74) is 0. The molecule has 0 unspecified atom stereocenters. The number of methoxy groups -OCH3 is 1. The van der Waals surface area contributed by atoms with E-state index in [9.17, 15) is 4.79 Å². The van der Waals surface area contributed by atoms with Gasteiger partial charge in [-0.3, -0.25) is 0 Å². The summed E-state index contributed by atoms with van der Waals surface area (Å²) in [5.74, 6) is 0.351. The lowest BCUT2D eigenvalue weighted by Crippen LogP contribution is -2.22. The van der Waals surface area contributed by atoms with Crippen molar-refractivity contribution in [3.63, 3.8) is 0 Å². The van der Waals surface area contributed by atoms with Crippen LogP contribution in [0.4, 0.5) is 4.79 Å². The van der Waals surface area contributed by atoms with Crippen LogP contribution in [0.5, 0.6) is 0 Å². The first-order chi connectivity index (χ1) is 4.16. The molecule has 0 aliphatic carbocycles. The molecule has 53 valence electrons. The first-order valence-electron chi connectivity index (χ1n) is 2.84. The number of hydrogen-bond donors (Lipinski definition) is 1. The summed E-state index contributed by atoms with van der Waals surface area (Å²) in [6, 6.07) is 0. The highest BCUT2D eigenvalue weighted by Crippen LogP contribution is 1.92. The second-order valence-corrected chi connectivity index (χ2v) is 2.05. The monoisotopic (exact) mass is 130 g/mol. The van der Waals surface area contributed by atoms with E-state index in [4.69, 9.17) is 0 Å². The molecule has 0 spiro atoms. The molecule has 0 heterocycles. The van der Waals surface area contributed by atoms with E-state index in [2.05, 4.69) is 10.1 Å². The summed E-state index contributed by atoms with van der Waals surface area (Å²) in [7, 11) is 1.34. The van der Waals surface area contributed by atoms with Gasteiger partial charge in [0.05, 0.1) is 13.7 Å². The number of ether oxygens (including phenoxy) is 1. The van der Waals surface area contributed by atoms with Crippen molar-refractivity contribution in [2.24, 2.45) is 5.92 Å². The Hall–Kier alpha value is -0.730.